The molecule has 0 aliphatic carbocycles. The Balaban J connectivity index is 1.44. The van der Waals surface area contributed by atoms with Crippen LogP contribution in [0.3, 0.4) is 0 Å². The number of benzene rings is 1. The number of hydrogen-bond acceptors (Lipinski definition) is 4. The first-order chi connectivity index (χ1) is 9.43. The number of aromatic amines is 1. The van der Waals surface area contributed by atoms with Gasteiger partial charge in [-0.3, -0.25) is 5.10 Å². The monoisotopic (exact) mass is 257 g/mol. The molecule has 3 N–H and O–H groups in total. The van der Waals surface area contributed by atoms with Crippen molar-refractivity contribution in [2.24, 2.45) is 0 Å². The van der Waals surface area contributed by atoms with Gasteiger partial charge in [0.05, 0.1) is 0 Å². The molecule has 0 amide bonds. The Morgan fingerprint density at radius 1 is 1.32 bits per heavy atom. The van der Waals surface area contributed by atoms with E-state index >= 15 is 0 Å². The number of para-hydroxylation sites is 1. The molecule has 0 bridgehead atoms. The van der Waals surface area contributed by atoms with Crippen molar-refractivity contribution in [2.45, 2.75) is 25.8 Å². The van der Waals surface area contributed by atoms with E-state index in [-0.39, 0.29) is 0 Å². The van der Waals surface area contributed by atoms with Crippen molar-refractivity contribution in [1.29, 1.82) is 0 Å². The lowest BCUT2D eigenvalue weighted by molar-refractivity contribution is 0.640. The maximum Gasteiger partial charge on any atom is 0.137 e. The standard InChI is InChI=1S/C14H19N5/c1-3-11-6-8-16-14(11)12(4-1)9-15-7-2-5-13-17-10-18-19-13/h1,3-4,10,15-16H,2,5-9H2,(H,17,18,19). The van der Waals surface area contributed by atoms with Crippen LogP contribution in [-0.4, -0.2) is 28.3 Å². The van der Waals surface area contributed by atoms with E-state index in [1.807, 2.05) is 0 Å². The smallest absolute Gasteiger partial charge is 0.137 e. The zero-order valence-electron chi connectivity index (χ0n) is 10.9. The lowest BCUT2D eigenvalue weighted by Crippen LogP contribution is -2.16. The van der Waals surface area contributed by atoms with Crippen LogP contribution in [0.2, 0.25) is 0 Å². The molecule has 100 valence electrons. The molecule has 1 aliphatic rings. The van der Waals surface area contributed by atoms with Crippen LogP contribution in [0, 0.1) is 0 Å². The predicted octanol–water partition coefficient (Wildman–Crippen LogP) is 1.50. The van der Waals surface area contributed by atoms with E-state index in [2.05, 4.69) is 44.0 Å². The van der Waals surface area contributed by atoms with Crippen LogP contribution in [0.1, 0.15) is 23.4 Å². The molecule has 19 heavy (non-hydrogen) atoms. The van der Waals surface area contributed by atoms with Crippen molar-refractivity contribution >= 4 is 5.69 Å². The minimum absolute atomic E-state index is 0.923. The summed E-state index contributed by atoms with van der Waals surface area (Å²) in [7, 11) is 0. The van der Waals surface area contributed by atoms with Gasteiger partial charge in [-0.25, -0.2) is 4.98 Å². The average Bonchev–Trinajstić information content (AvgIpc) is 3.09. The molecule has 0 unspecified atom stereocenters. The van der Waals surface area contributed by atoms with Crippen LogP contribution in [0.5, 0.6) is 0 Å². The highest BCUT2D eigenvalue weighted by atomic mass is 15.2. The Morgan fingerprint density at radius 2 is 2.32 bits per heavy atom. The number of anilines is 1. The van der Waals surface area contributed by atoms with Crippen LogP contribution in [0.4, 0.5) is 5.69 Å². The van der Waals surface area contributed by atoms with E-state index in [1.54, 1.807) is 6.33 Å². The number of nitrogens with zero attached hydrogens (tertiary/aromatic N) is 2. The quantitative estimate of drug-likeness (QED) is 0.686. The third kappa shape index (κ3) is 2.93. The van der Waals surface area contributed by atoms with E-state index in [1.165, 1.54) is 16.8 Å². The molecule has 2 aromatic rings. The van der Waals surface area contributed by atoms with Gasteiger partial charge in [0.15, 0.2) is 0 Å². The maximum absolute atomic E-state index is 4.11. The third-order valence-electron chi connectivity index (χ3n) is 3.48. The third-order valence-corrected chi connectivity index (χ3v) is 3.48. The lowest BCUT2D eigenvalue weighted by atomic mass is 10.1. The van der Waals surface area contributed by atoms with Crippen LogP contribution in [0.25, 0.3) is 0 Å². The minimum Gasteiger partial charge on any atom is -0.384 e. The minimum atomic E-state index is 0.923. The van der Waals surface area contributed by atoms with Gasteiger partial charge in [0.2, 0.25) is 0 Å². The topological polar surface area (TPSA) is 65.6 Å². The zero-order chi connectivity index (χ0) is 12.9. The summed E-state index contributed by atoms with van der Waals surface area (Å²) in [5.74, 6) is 0.962. The summed E-state index contributed by atoms with van der Waals surface area (Å²) in [6.45, 7) is 2.98. The van der Waals surface area contributed by atoms with E-state index < -0.39 is 0 Å². The highest BCUT2D eigenvalue weighted by Crippen LogP contribution is 2.26. The summed E-state index contributed by atoms with van der Waals surface area (Å²) in [6.07, 6.45) is 4.71. The molecule has 0 radical (unpaired) electrons. The van der Waals surface area contributed by atoms with Gasteiger partial charge >= 0.3 is 0 Å². The van der Waals surface area contributed by atoms with Gasteiger partial charge in [-0.15, -0.1) is 0 Å². The van der Waals surface area contributed by atoms with E-state index in [0.29, 0.717) is 0 Å². The van der Waals surface area contributed by atoms with E-state index in [9.17, 15) is 0 Å². The molecule has 3 rings (SSSR count). The normalized spacial score (nSPS) is 13.3. The molecule has 0 spiro atoms. The number of aryl methyl sites for hydroxylation is 1. The number of aromatic nitrogens is 3. The van der Waals surface area contributed by atoms with E-state index in [0.717, 1.165) is 44.7 Å². The molecule has 0 fully saturated rings. The van der Waals surface area contributed by atoms with Gasteiger partial charge in [0, 0.05) is 25.2 Å². The molecular weight excluding hydrogens is 238 g/mol. The number of hydrogen-bond donors (Lipinski definition) is 3. The second kappa shape index (κ2) is 5.84. The largest absolute Gasteiger partial charge is 0.384 e. The summed E-state index contributed by atoms with van der Waals surface area (Å²) >= 11 is 0. The Bertz CT molecular complexity index is 521. The van der Waals surface area contributed by atoms with Crippen molar-refractivity contribution in [3.8, 4) is 0 Å². The molecule has 2 heterocycles. The molecule has 5 nitrogen and oxygen atoms in total. The van der Waals surface area contributed by atoms with Crippen LogP contribution in [-0.2, 0) is 19.4 Å². The van der Waals surface area contributed by atoms with Crippen molar-refractivity contribution in [3.05, 3.63) is 41.5 Å². The number of nitrogens with one attached hydrogen (secondary N) is 3. The SMILES string of the molecule is c1cc2c(c(CNCCCc3ncn[nH]3)c1)NCC2. The first-order valence-electron chi connectivity index (χ1n) is 6.83. The van der Waals surface area contributed by atoms with E-state index in [4.69, 9.17) is 0 Å². The first-order valence-corrected chi connectivity index (χ1v) is 6.83. The van der Waals surface area contributed by atoms with Crippen molar-refractivity contribution < 1.29 is 0 Å². The molecule has 5 heteroatoms. The fourth-order valence-corrected chi connectivity index (χ4v) is 2.51. The van der Waals surface area contributed by atoms with Gasteiger partial charge in [0.25, 0.3) is 0 Å². The van der Waals surface area contributed by atoms with Gasteiger partial charge in [-0.05, 0) is 30.5 Å². The summed E-state index contributed by atoms with van der Waals surface area (Å²) in [6, 6.07) is 6.56. The highest BCUT2D eigenvalue weighted by molar-refractivity contribution is 5.61. The molecule has 0 atom stereocenters. The van der Waals surface area contributed by atoms with Gasteiger partial charge in [0.1, 0.15) is 12.2 Å². The molecule has 1 aliphatic heterocycles. The number of H-pyrrole nitrogens is 1. The molecular formula is C14H19N5. The maximum atomic E-state index is 4.11. The fraction of sp³-hybridized carbons (Fsp3) is 0.429. The Hall–Kier alpha value is -1.88. The van der Waals surface area contributed by atoms with Gasteiger partial charge in [-0.2, -0.15) is 5.10 Å². The molecule has 1 aromatic carbocycles. The Morgan fingerprint density at radius 3 is 3.21 bits per heavy atom. The van der Waals surface area contributed by atoms with Crippen molar-refractivity contribution in [2.75, 3.05) is 18.4 Å². The summed E-state index contributed by atoms with van der Waals surface area (Å²) in [5.41, 5.74) is 4.15. The summed E-state index contributed by atoms with van der Waals surface area (Å²) in [4.78, 5) is 4.11. The number of rotatable bonds is 6. The average molecular weight is 257 g/mol. The Kier molecular flexibility index (Phi) is 3.74. The summed E-state index contributed by atoms with van der Waals surface area (Å²) in [5, 5.41) is 13.7. The first kappa shape index (κ1) is 12.2. The van der Waals surface area contributed by atoms with Gasteiger partial charge < -0.3 is 10.6 Å². The fourth-order valence-electron chi connectivity index (χ4n) is 2.51. The second-order valence-electron chi connectivity index (χ2n) is 4.84. The number of fused-ring (bicyclic) bond motifs is 1. The molecule has 1 aromatic heterocycles. The van der Waals surface area contributed by atoms with Gasteiger partial charge in [-0.1, -0.05) is 18.2 Å². The predicted molar refractivity (Wildman–Crippen MR) is 75.0 cm³/mol. The highest BCUT2D eigenvalue weighted by Gasteiger charge is 2.12. The second-order valence-corrected chi connectivity index (χ2v) is 4.84. The molecule has 0 saturated heterocycles. The van der Waals surface area contributed by atoms with Crippen molar-refractivity contribution in [1.82, 2.24) is 20.5 Å². The molecule has 0 saturated carbocycles. The Labute approximate surface area is 112 Å². The van der Waals surface area contributed by atoms with Crippen molar-refractivity contribution in [3.63, 3.8) is 0 Å². The lowest BCUT2D eigenvalue weighted by Gasteiger charge is -2.09. The van der Waals surface area contributed by atoms with Crippen LogP contribution in [0.15, 0.2) is 24.5 Å². The van der Waals surface area contributed by atoms with Crippen LogP contribution < -0.4 is 10.6 Å². The summed E-state index contributed by atoms with van der Waals surface area (Å²) < 4.78 is 0. The zero-order valence-corrected chi connectivity index (χ0v) is 10.9. The van der Waals surface area contributed by atoms with Crippen LogP contribution >= 0.6 is 0 Å².